The van der Waals surface area contributed by atoms with Crippen molar-refractivity contribution in [1.82, 2.24) is 10.6 Å². The van der Waals surface area contributed by atoms with Crippen LogP contribution in [0, 0.1) is 0 Å². The Bertz CT molecular complexity index is 1040. The number of carbonyl (C=O) groups is 6. The van der Waals surface area contributed by atoms with Crippen LogP contribution in [0.5, 0.6) is 0 Å². The van der Waals surface area contributed by atoms with Gasteiger partial charge in [0.2, 0.25) is 0 Å². The van der Waals surface area contributed by atoms with E-state index in [1.165, 1.54) is 0 Å². The van der Waals surface area contributed by atoms with Crippen molar-refractivity contribution in [3.8, 4) is 0 Å². The lowest BCUT2D eigenvalue weighted by atomic mass is 10.1. The first kappa shape index (κ1) is 34.7. The topological polar surface area (TPSA) is 145 Å². The van der Waals surface area contributed by atoms with Crippen molar-refractivity contribution >= 4 is 35.7 Å². The summed E-state index contributed by atoms with van der Waals surface area (Å²) in [4.78, 5) is 68.9. The Morgan fingerprint density at radius 3 is 1.29 bits per heavy atom. The molecule has 2 N–H and O–H groups in total. The molecule has 41 heavy (non-hydrogen) atoms. The Morgan fingerprint density at radius 2 is 0.878 bits per heavy atom. The van der Waals surface area contributed by atoms with Crippen LogP contribution in [0.3, 0.4) is 0 Å². The molecule has 0 saturated heterocycles. The molecule has 0 aliphatic carbocycles. The highest BCUT2D eigenvalue weighted by Crippen LogP contribution is 2.06. The van der Waals surface area contributed by atoms with Crippen molar-refractivity contribution in [3.63, 3.8) is 0 Å². The third-order valence-electron chi connectivity index (χ3n) is 5.53. The van der Waals surface area contributed by atoms with Crippen molar-refractivity contribution < 1.29 is 38.2 Å². The highest BCUT2D eigenvalue weighted by molar-refractivity contribution is 5.98. The van der Waals surface area contributed by atoms with Crippen molar-refractivity contribution in [2.24, 2.45) is 0 Å². The standard InChI is InChI=1S/C18H16N2O5.C13H24O3/c21-15(11-19-17(23)13-7-3-1-4-8-13)25-16(22)12-20-18(24)14-9-5-2-6-10-14;1-3-5-7-9-11-13(15)16-12(14)10-8-6-4-2/h1-10H,11-12H2,(H,19,23)(H,20,24);3-11H2,1-2H3. The molecule has 2 aromatic rings. The second kappa shape index (κ2) is 21.5. The maximum Gasteiger partial charge on any atom is 0.333 e. The largest absolute Gasteiger partial charge is 0.393 e. The first-order chi connectivity index (χ1) is 19.8. The maximum absolute atomic E-state index is 11.7. The molecule has 0 saturated carbocycles. The first-order valence-corrected chi connectivity index (χ1v) is 13.9. The van der Waals surface area contributed by atoms with Gasteiger partial charge in [-0.2, -0.15) is 0 Å². The number of amides is 2. The zero-order valence-electron chi connectivity index (χ0n) is 23.8. The molecule has 0 unspecified atom stereocenters. The van der Waals surface area contributed by atoms with E-state index in [1.807, 2.05) is 0 Å². The number of hydrogen-bond acceptors (Lipinski definition) is 8. The number of nitrogens with one attached hydrogen (secondary N) is 2. The lowest BCUT2D eigenvalue weighted by Gasteiger charge is -2.06. The molecule has 0 radical (unpaired) electrons. The third kappa shape index (κ3) is 17.1. The SMILES string of the molecule is CCCCCCC(=O)OC(=O)CCCCC.O=C(CNC(=O)c1ccccc1)OC(=O)CNC(=O)c1ccccc1. The molecule has 0 aliphatic heterocycles. The third-order valence-corrected chi connectivity index (χ3v) is 5.53. The zero-order valence-corrected chi connectivity index (χ0v) is 23.8. The van der Waals surface area contributed by atoms with Crippen LogP contribution in [0.25, 0.3) is 0 Å². The van der Waals surface area contributed by atoms with E-state index in [9.17, 15) is 28.8 Å². The highest BCUT2D eigenvalue weighted by Gasteiger charge is 2.14. The van der Waals surface area contributed by atoms with Crippen LogP contribution in [0.2, 0.25) is 0 Å². The van der Waals surface area contributed by atoms with Gasteiger partial charge in [-0.3, -0.25) is 19.2 Å². The summed E-state index contributed by atoms with van der Waals surface area (Å²) in [6.45, 7) is 3.29. The van der Waals surface area contributed by atoms with Gasteiger partial charge in [-0.15, -0.1) is 0 Å². The maximum atomic E-state index is 11.7. The Kier molecular flexibility index (Phi) is 18.2. The normalized spacial score (nSPS) is 9.90. The predicted octanol–water partition coefficient (Wildman–Crippen LogP) is 4.52. The fraction of sp³-hybridized carbons (Fsp3) is 0.419. The molecule has 0 heterocycles. The molecule has 2 aromatic carbocycles. The summed E-state index contributed by atoms with van der Waals surface area (Å²) in [6, 6.07) is 16.6. The zero-order chi connectivity index (χ0) is 30.3. The van der Waals surface area contributed by atoms with E-state index < -0.39 is 36.8 Å². The quantitative estimate of drug-likeness (QED) is 0.181. The van der Waals surface area contributed by atoms with Crippen molar-refractivity contribution in [3.05, 3.63) is 71.8 Å². The van der Waals surface area contributed by atoms with Crippen molar-refractivity contribution in [1.29, 1.82) is 0 Å². The Morgan fingerprint density at radius 1 is 0.512 bits per heavy atom. The number of rotatable bonds is 15. The molecule has 0 spiro atoms. The van der Waals surface area contributed by atoms with Gasteiger partial charge < -0.3 is 20.1 Å². The summed E-state index contributed by atoms with van der Waals surface area (Å²) >= 11 is 0. The molecule has 10 nitrogen and oxygen atoms in total. The van der Waals surface area contributed by atoms with Gasteiger partial charge in [-0.1, -0.05) is 82.3 Å². The van der Waals surface area contributed by atoms with Crippen molar-refractivity contribution in [2.75, 3.05) is 13.1 Å². The average molecular weight is 569 g/mol. The molecule has 0 atom stereocenters. The molecule has 0 aromatic heterocycles. The second-order valence-electron chi connectivity index (χ2n) is 9.06. The number of ether oxygens (including phenoxy) is 2. The lowest BCUT2D eigenvalue weighted by molar-refractivity contribution is -0.160. The fourth-order valence-corrected chi connectivity index (χ4v) is 3.33. The van der Waals surface area contributed by atoms with Crippen LogP contribution >= 0.6 is 0 Å². The van der Waals surface area contributed by atoms with Gasteiger partial charge in [0.05, 0.1) is 0 Å². The number of carbonyl (C=O) groups excluding carboxylic acids is 6. The Balaban J connectivity index is 0.000000456. The smallest absolute Gasteiger partial charge is 0.333 e. The van der Waals surface area contributed by atoms with E-state index >= 15 is 0 Å². The van der Waals surface area contributed by atoms with Gasteiger partial charge in [0, 0.05) is 24.0 Å². The molecule has 2 amide bonds. The summed E-state index contributed by atoms with van der Waals surface area (Å²) in [5.41, 5.74) is 0.772. The lowest BCUT2D eigenvalue weighted by Crippen LogP contribution is -2.35. The second-order valence-corrected chi connectivity index (χ2v) is 9.06. The van der Waals surface area contributed by atoms with E-state index in [0.717, 1.165) is 44.9 Å². The van der Waals surface area contributed by atoms with E-state index in [0.29, 0.717) is 24.0 Å². The minimum Gasteiger partial charge on any atom is -0.393 e. The van der Waals surface area contributed by atoms with Gasteiger partial charge in [-0.25, -0.2) is 9.59 Å². The molecular weight excluding hydrogens is 528 g/mol. The Labute approximate surface area is 241 Å². The van der Waals surface area contributed by atoms with Crippen LogP contribution in [0.4, 0.5) is 0 Å². The molecule has 222 valence electrons. The number of hydrogen-bond donors (Lipinski definition) is 2. The van der Waals surface area contributed by atoms with Crippen LogP contribution in [-0.4, -0.2) is 48.8 Å². The van der Waals surface area contributed by atoms with Gasteiger partial charge in [0.1, 0.15) is 13.1 Å². The van der Waals surface area contributed by atoms with E-state index in [1.54, 1.807) is 60.7 Å². The van der Waals surface area contributed by atoms with Gasteiger partial charge in [0.15, 0.2) is 0 Å². The van der Waals surface area contributed by atoms with Crippen LogP contribution in [0.15, 0.2) is 60.7 Å². The molecule has 0 aliphatic rings. The minimum absolute atomic E-state index is 0.363. The number of esters is 4. The fourth-order valence-electron chi connectivity index (χ4n) is 3.33. The summed E-state index contributed by atoms with van der Waals surface area (Å²) in [5, 5.41) is 4.68. The molecule has 10 heteroatoms. The Hall–Kier alpha value is -4.34. The van der Waals surface area contributed by atoms with Crippen molar-refractivity contribution in [2.45, 2.75) is 71.6 Å². The summed E-state index contributed by atoms with van der Waals surface area (Å²) in [7, 11) is 0. The molecule has 2 rings (SSSR count). The van der Waals surface area contributed by atoms with Gasteiger partial charge >= 0.3 is 23.9 Å². The van der Waals surface area contributed by atoms with E-state index in [-0.39, 0.29) is 11.9 Å². The van der Waals surface area contributed by atoms with Crippen LogP contribution < -0.4 is 10.6 Å². The molecular formula is C31H40N2O8. The van der Waals surface area contributed by atoms with Crippen LogP contribution in [0.1, 0.15) is 92.4 Å². The molecule has 0 fully saturated rings. The minimum atomic E-state index is -0.914. The summed E-state index contributed by atoms with van der Waals surface area (Å²) in [5.74, 6) is -3.47. The van der Waals surface area contributed by atoms with Crippen LogP contribution in [-0.2, 0) is 28.7 Å². The summed E-state index contributed by atoms with van der Waals surface area (Å²) in [6.07, 6.45) is 7.79. The first-order valence-electron chi connectivity index (χ1n) is 13.9. The number of benzene rings is 2. The number of unbranched alkanes of at least 4 members (excludes halogenated alkanes) is 5. The highest BCUT2D eigenvalue weighted by atomic mass is 16.6. The van der Waals surface area contributed by atoms with E-state index in [4.69, 9.17) is 4.74 Å². The summed E-state index contributed by atoms with van der Waals surface area (Å²) < 4.78 is 9.21. The average Bonchev–Trinajstić information content (AvgIpc) is 2.98. The monoisotopic (exact) mass is 568 g/mol. The predicted molar refractivity (Wildman–Crippen MR) is 153 cm³/mol. The van der Waals surface area contributed by atoms with Gasteiger partial charge in [0.25, 0.3) is 11.8 Å². The van der Waals surface area contributed by atoms with E-state index in [2.05, 4.69) is 29.2 Å². The van der Waals surface area contributed by atoms with Gasteiger partial charge in [-0.05, 0) is 37.1 Å². The molecule has 0 bridgehead atoms.